The van der Waals surface area contributed by atoms with Crippen LogP contribution in [0, 0.1) is 6.92 Å². The van der Waals surface area contributed by atoms with Crippen LogP contribution in [-0.4, -0.2) is 52.4 Å². The fourth-order valence-corrected chi connectivity index (χ4v) is 3.05. The molecule has 0 aliphatic carbocycles. The summed E-state index contributed by atoms with van der Waals surface area (Å²) < 4.78 is 1.58. The number of amides is 2. The Labute approximate surface area is 152 Å². The molecule has 1 atom stereocenters. The Hall–Kier alpha value is -2.28. The van der Waals surface area contributed by atoms with Crippen LogP contribution in [0.15, 0.2) is 47.6 Å². The van der Waals surface area contributed by atoms with Crippen molar-refractivity contribution in [2.45, 2.75) is 24.8 Å². The Balaban J connectivity index is 1.68. The first-order valence-electron chi connectivity index (χ1n) is 8.17. The van der Waals surface area contributed by atoms with Gasteiger partial charge in [-0.3, -0.25) is 14.3 Å². The first-order valence-corrected chi connectivity index (χ1v) is 9.16. The normalized spacial score (nSPS) is 11.8. The van der Waals surface area contributed by atoms with Crippen molar-refractivity contribution < 1.29 is 9.59 Å². The number of hydrogen-bond donors (Lipinski definition) is 1. The first kappa shape index (κ1) is 19.1. The van der Waals surface area contributed by atoms with Gasteiger partial charge in [-0.15, -0.1) is 11.8 Å². The highest BCUT2D eigenvalue weighted by Crippen LogP contribution is 2.17. The lowest BCUT2D eigenvalue weighted by molar-refractivity contribution is -0.137. The maximum absolute atomic E-state index is 12.3. The highest BCUT2D eigenvalue weighted by atomic mass is 32.2. The van der Waals surface area contributed by atoms with E-state index in [2.05, 4.69) is 41.6 Å². The monoisotopic (exact) mass is 360 g/mol. The van der Waals surface area contributed by atoms with Gasteiger partial charge in [0.15, 0.2) is 0 Å². The third-order valence-electron chi connectivity index (χ3n) is 3.75. The van der Waals surface area contributed by atoms with Crippen LogP contribution in [0.25, 0.3) is 0 Å². The van der Waals surface area contributed by atoms with Crippen LogP contribution in [0.2, 0.25) is 0 Å². The molecule has 0 aliphatic heterocycles. The molecule has 7 heteroatoms. The number of rotatable bonds is 8. The standard InChI is InChI=1S/C18H24N4O2S/c1-14-5-7-16(8-6-14)25-12-10-19-17(23)13-21(3)18(24)15(2)22-11-4-9-20-22/h4-9,11,15H,10,12-13H2,1-3H3,(H,19,23). The van der Waals surface area contributed by atoms with Gasteiger partial charge in [0.1, 0.15) is 6.04 Å². The van der Waals surface area contributed by atoms with Crippen LogP contribution < -0.4 is 5.32 Å². The Morgan fingerprint density at radius 1 is 1.32 bits per heavy atom. The SMILES string of the molecule is Cc1ccc(SCCNC(=O)CN(C)C(=O)C(C)n2cccn2)cc1. The third-order valence-corrected chi connectivity index (χ3v) is 4.76. The van der Waals surface area contributed by atoms with E-state index >= 15 is 0 Å². The molecule has 1 heterocycles. The van der Waals surface area contributed by atoms with Gasteiger partial charge in [-0.05, 0) is 32.0 Å². The van der Waals surface area contributed by atoms with Gasteiger partial charge in [0, 0.05) is 36.6 Å². The van der Waals surface area contributed by atoms with Gasteiger partial charge in [-0.2, -0.15) is 5.10 Å². The van der Waals surface area contributed by atoms with E-state index in [0.717, 1.165) is 5.75 Å². The maximum atomic E-state index is 12.3. The molecular weight excluding hydrogens is 336 g/mol. The van der Waals surface area contributed by atoms with Gasteiger partial charge in [-0.1, -0.05) is 17.7 Å². The van der Waals surface area contributed by atoms with E-state index in [-0.39, 0.29) is 18.4 Å². The second kappa shape index (κ2) is 9.27. The molecule has 1 aromatic carbocycles. The Bertz CT molecular complexity index is 686. The molecular formula is C18H24N4O2S. The largest absolute Gasteiger partial charge is 0.354 e. The molecule has 1 aromatic heterocycles. The van der Waals surface area contributed by atoms with Crippen LogP contribution in [0.1, 0.15) is 18.5 Å². The number of carbonyl (C=O) groups is 2. The predicted octanol–water partition coefficient (Wildman–Crippen LogP) is 2.12. The second-order valence-electron chi connectivity index (χ2n) is 5.87. The number of hydrogen-bond acceptors (Lipinski definition) is 4. The maximum Gasteiger partial charge on any atom is 0.247 e. The number of aryl methyl sites for hydroxylation is 1. The van der Waals surface area contributed by atoms with Crippen molar-refractivity contribution in [1.29, 1.82) is 0 Å². The van der Waals surface area contributed by atoms with Crippen LogP contribution >= 0.6 is 11.8 Å². The van der Waals surface area contributed by atoms with Gasteiger partial charge >= 0.3 is 0 Å². The summed E-state index contributed by atoms with van der Waals surface area (Å²) in [5, 5.41) is 6.91. The molecule has 0 fully saturated rings. The topological polar surface area (TPSA) is 67.2 Å². The molecule has 2 rings (SSSR count). The minimum Gasteiger partial charge on any atom is -0.354 e. The van der Waals surface area contributed by atoms with E-state index in [0.29, 0.717) is 6.54 Å². The molecule has 134 valence electrons. The lowest BCUT2D eigenvalue weighted by Crippen LogP contribution is -2.41. The molecule has 6 nitrogen and oxygen atoms in total. The summed E-state index contributed by atoms with van der Waals surface area (Å²) in [6, 6.07) is 9.63. The van der Waals surface area contributed by atoms with Crippen molar-refractivity contribution in [3.05, 3.63) is 48.3 Å². The minimum atomic E-state index is -0.426. The van der Waals surface area contributed by atoms with Crippen LogP contribution in [0.3, 0.4) is 0 Å². The molecule has 1 N–H and O–H groups in total. The Morgan fingerprint density at radius 2 is 2.04 bits per heavy atom. The number of carbonyl (C=O) groups excluding carboxylic acids is 2. The van der Waals surface area contributed by atoms with Crippen molar-refractivity contribution in [2.24, 2.45) is 0 Å². The Morgan fingerprint density at radius 3 is 2.68 bits per heavy atom. The number of nitrogens with zero attached hydrogens (tertiary/aromatic N) is 3. The van der Waals surface area contributed by atoms with Crippen molar-refractivity contribution in [3.8, 4) is 0 Å². The minimum absolute atomic E-state index is 0.0413. The second-order valence-corrected chi connectivity index (χ2v) is 7.04. The first-order chi connectivity index (χ1) is 12.0. The highest BCUT2D eigenvalue weighted by molar-refractivity contribution is 7.99. The molecule has 0 spiro atoms. The molecule has 0 saturated carbocycles. The van der Waals surface area contributed by atoms with Crippen LogP contribution in [0.4, 0.5) is 0 Å². The van der Waals surface area contributed by atoms with Crippen LogP contribution in [0.5, 0.6) is 0 Å². The molecule has 2 amide bonds. The fourth-order valence-electron chi connectivity index (χ4n) is 2.28. The number of thioether (sulfide) groups is 1. The summed E-state index contributed by atoms with van der Waals surface area (Å²) in [6.07, 6.45) is 3.36. The molecule has 0 aliphatic rings. The van der Waals surface area contributed by atoms with E-state index < -0.39 is 6.04 Å². The van der Waals surface area contributed by atoms with E-state index in [4.69, 9.17) is 0 Å². The number of likely N-dealkylation sites (N-methyl/N-ethyl adjacent to an activating group) is 1. The summed E-state index contributed by atoms with van der Waals surface area (Å²) in [4.78, 5) is 26.9. The molecule has 1 unspecified atom stereocenters. The van der Waals surface area contributed by atoms with Gasteiger partial charge in [0.05, 0.1) is 6.54 Å². The van der Waals surface area contributed by atoms with E-state index in [1.807, 2.05) is 0 Å². The van der Waals surface area contributed by atoms with Crippen molar-refractivity contribution in [1.82, 2.24) is 20.0 Å². The van der Waals surface area contributed by atoms with E-state index in [1.165, 1.54) is 15.4 Å². The lowest BCUT2D eigenvalue weighted by atomic mass is 10.2. The fraction of sp³-hybridized carbons (Fsp3) is 0.389. The summed E-state index contributed by atoms with van der Waals surface area (Å²) in [5.74, 6) is 0.483. The summed E-state index contributed by atoms with van der Waals surface area (Å²) >= 11 is 1.69. The Kier molecular flexibility index (Phi) is 7.06. The van der Waals surface area contributed by atoms with Gasteiger partial charge in [0.25, 0.3) is 0 Å². The van der Waals surface area contributed by atoms with Crippen molar-refractivity contribution in [3.63, 3.8) is 0 Å². The zero-order valence-electron chi connectivity index (χ0n) is 14.8. The average molecular weight is 360 g/mol. The summed E-state index contributed by atoms with van der Waals surface area (Å²) in [5.41, 5.74) is 1.23. The average Bonchev–Trinajstić information content (AvgIpc) is 3.13. The molecule has 0 saturated heterocycles. The third kappa shape index (κ3) is 5.94. The smallest absolute Gasteiger partial charge is 0.247 e. The molecule has 0 bridgehead atoms. The molecule has 2 aromatic rings. The van der Waals surface area contributed by atoms with Gasteiger partial charge in [0.2, 0.25) is 11.8 Å². The predicted molar refractivity (Wildman–Crippen MR) is 99.5 cm³/mol. The number of benzene rings is 1. The van der Waals surface area contributed by atoms with Gasteiger partial charge in [-0.25, -0.2) is 0 Å². The van der Waals surface area contributed by atoms with Crippen LogP contribution in [-0.2, 0) is 9.59 Å². The quantitative estimate of drug-likeness (QED) is 0.578. The lowest BCUT2D eigenvalue weighted by Gasteiger charge is -2.21. The van der Waals surface area contributed by atoms with Crippen molar-refractivity contribution >= 4 is 23.6 Å². The number of aromatic nitrogens is 2. The summed E-state index contributed by atoms with van der Waals surface area (Å²) in [7, 11) is 1.63. The van der Waals surface area contributed by atoms with E-state index in [9.17, 15) is 9.59 Å². The zero-order chi connectivity index (χ0) is 18.2. The van der Waals surface area contributed by atoms with Gasteiger partial charge < -0.3 is 10.2 Å². The summed E-state index contributed by atoms with van der Waals surface area (Å²) in [6.45, 7) is 4.43. The molecule has 0 radical (unpaired) electrons. The number of nitrogens with one attached hydrogen (secondary N) is 1. The highest BCUT2D eigenvalue weighted by Gasteiger charge is 2.20. The molecule has 25 heavy (non-hydrogen) atoms. The van der Waals surface area contributed by atoms with E-state index in [1.54, 1.807) is 48.9 Å². The zero-order valence-corrected chi connectivity index (χ0v) is 15.6. The van der Waals surface area contributed by atoms with Crippen molar-refractivity contribution in [2.75, 3.05) is 25.9 Å².